The van der Waals surface area contributed by atoms with E-state index in [9.17, 15) is 9.59 Å². The number of rotatable bonds is 8. The summed E-state index contributed by atoms with van der Waals surface area (Å²) >= 11 is 0. The number of hydrogen-bond donors (Lipinski definition) is 3. The molecule has 6 heteroatoms. The summed E-state index contributed by atoms with van der Waals surface area (Å²) < 4.78 is 0. The summed E-state index contributed by atoms with van der Waals surface area (Å²) in [6, 6.07) is 8.49. The molecule has 3 N–H and O–H groups in total. The first kappa shape index (κ1) is 16.5. The van der Waals surface area contributed by atoms with Crippen LogP contribution in [0, 0.1) is 0 Å². The zero-order chi connectivity index (χ0) is 16.9. The number of likely N-dealkylation sites (N-methyl/N-ethyl adjacent to an activating group) is 1. The molecule has 2 aromatic rings. The highest BCUT2D eigenvalue weighted by Crippen LogP contribution is 2.18. The molecule has 0 bridgehead atoms. The van der Waals surface area contributed by atoms with Gasteiger partial charge in [-0.15, -0.1) is 0 Å². The minimum absolute atomic E-state index is 0.00778. The van der Waals surface area contributed by atoms with E-state index >= 15 is 0 Å². The Labute approximate surface area is 141 Å². The van der Waals surface area contributed by atoms with Gasteiger partial charge in [0.15, 0.2) is 0 Å². The van der Waals surface area contributed by atoms with Crippen LogP contribution in [0.3, 0.4) is 0 Å². The quantitative estimate of drug-likeness (QED) is 0.677. The van der Waals surface area contributed by atoms with Crippen molar-refractivity contribution in [1.82, 2.24) is 20.5 Å². The minimum atomic E-state index is -0.0587. The lowest BCUT2D eigenvalue weighted by molar-refractivity contribution is -0.124. The maximum atomic E-state index is 12.0. The summed E-state index contributed by atoms with van der Waals surface area (Å²) in [5.74, 6) is -0.0665. The Morgan fingerprint density at radius 1 is 1.21 bits per heavy atom. The highest BCUT2D eigenvalue weighted by atomic mass is 16.2. The maximum absolute atomic E-state index is 12.0. The number of aromatic nitrogens is 1. The van der Waals surface area contributed by atoms with Gasteiger partial charge in [0.2, 0.25) is 11.8 Å². The van der Waals surface area contributed by atoms with E-state index in [4.69, 9.17) is 0 Å². The molecule has 1 aliphatic carbocycles. The maximum Gasteiger partial charge on any atom is 0.234 e. The van der Waals surface area contributed by atoms with Crippen LogP contribution in [0.5, 0.6) is 0 Å². The monoisotopic (exact) mass is 328 g/mol. The second-order valence-electron chi connectivity index (χ2n) is 6.47. The van der Waals surface area contributed by atoms with Crippen LogP contribution in [0.25, 0.3) is 10.9 Å². The Morgan fingerprint density at radius 3 is 2.75 bits per heavy atom. The zero-order valence-electron chi connectivity index (χ0n) is 14.0. The molecule has 0 saturated heterocycles. The number of amides is 2. The molecule has 0 atom stereocenters. The summed E-state index contributed by atoms with van der Waals surface area (Å²) in [7, 11) is 1.78. The topological polar surface area (TPSA) is 77.2 Å². The van der Waals surface area contributed by atoms with E-state index in [1.165, 1.54) is 10.9 Å². The molecule has 3 rings (SSSR count). The van der Waals surface area contributed by atoms with E-state index in [0.29, 0.717) is 12.6 Å². The molecule has 0 aliphatic heterocycles. The lowest BCUT2D eigenvalue weighted by Crippen LogP contribution is -2.41. The average Bonchev–Trinajstić information content (AvgIpc) is 3.25. The van der Waals surface area contributed by atoms with Crippen LogP contribution in [0.2, 0.25) is 0 Å². The molecule has 1 fully saturated rings. The molecule has 2 amide bonds. The number of nitrogens with zero attached hydrogens (tertiary/aromatic N) is 1. The Balaban J connectivity index is 1.38. The van der Waals surface area contributed by atoms with Crippen molar-refractivity contribution in [2.75, 3.05) is 26.7 Å². The number of hydrogen-bond acceptors (Lipinski definition) is 3. The van der Waals surface area contributed by atoms with E-state index in [-0.39, 0.29) is 24.9 Å². The van der Waals surface area contributed by atoms with Crippen LogP contribution in [0.15, 0.2) is 30.5 Å². The van der Waals surface area contributed by atoms with Gasteiger partial charge < -0.3 is 15.6 Å². The first-order valence-electron chi connectivity index (χ1n) is 8.41. The largest absolute Gasteiger partial charge is 0.361 e. The summed E-state index contributed by atoms with van der Waals surface area (Å²) in [6.07, 6.45) is 4.92. The number of carbonyl (C=O) groups is 2. The van der Waals surface area contributed by atoms with Crippen LogP contribution < -0.4 is 10.6 Å². The van der Waals surface area contributed by atoms with Crippen LogP contribution in [-0.2, 0) is 16.0 Å². The van der Waals surface area contributed by atoms with Crippen molar-refractivity contribution in [3.63, 3.8) is 0 Å². The van der Waals surface area contributed by atoms with E-state index in [1.54, 1.807) is 11.9 Å². The SMILES string of the molecule is CN(CC(=O)NCCc1c[nH]c2ccccc12)CC(=O)NC1CC1. The number of para-hydroxylation sites is 1. The number of H-pyrrole nitrogens is 1. The normalized spacial score (nSPS) is 14.1. The number of nitrogens with one attached hydrogen (secondary N) is 3. The van der Waals surface area contributed by atoms with Gasteiger partial charge in [0.1, 0.15) is 0 Å². The summed E-state index contributed by atoms with van der Waals surface area (Å²) in [5.41, 5.74) is 2.31. The highest BCUT2D eigenvalue weighted by molar-refractivity contribution is 5.83. The standard InChI is InChI=1S/C18H24N4O2/c1-22(12-18(24)21-14-6-7-14)11-17(23)19-9-8-13-10-20-16-5-3-2-4-15(13)16/h2-5,10,14,20H,6-9,11-12H2,1H3,(H,19,23)(H,21,24). The number of carbonyl (C=O) groups excluding carboxylic acids is 2. The van der Waals surface area contributed by atoms with E-state index in [1.807, 2.05) is 24.4 Å². The molecule has 0 radical (unpaired) electrons. The Hall–Kier alpha value is -2.34. The lowest BCUT2D eigenvalue weighted by atomic mass is 10.1. The molecule has 0 unspecified atom stereocenters. The zero-order valence-corrected chi connectivity index (χ0v) is 14.0. The Morgan fingerprint density at radius 2 is 1.96 bits per heavy atom. The molecule has 128 valence electrons. The average molecular weight is 328 g/mol. The van der Waals surface area contributed by atoms with Gasteiger partial charge in [0.05, 0.1) is 13.1 Å². The number of benzene rings is 1. The summed E-state index contributed by atoms with van der Waals surface area (Å²) in [6.45, 7) is 1.07. The van der Waals surface area contributed by atoms with Gasteiger partial charge in [-0.1, -0.05) is 18.2 Å². The van der Waals surface area contributed by atoms with Gasteiger partial charge in [-0.3, -0.25) is 14.5 Å². The minimum Gasteiger partial charge on any atom is -0.361 e. The fourth-order valence-corrected chi connectivity index (χ4v) is 2.78. The first-order chi connectivity index (χ1) is 11.6. The predicted molar refractivity (Wildman–Crippen MR) is 93.7 cm³/mol. The molecule has 24 heavy (non-hydrogen) atoms. The molecular weight excluding hydrogens is 304 g/mol. The van der Waals surface area contributed by atoms with Crippen molar-refractivity contribution in [1.29, 1.82) is 0 Å². The van der Waals surface area contributed by atoms with Crippen LogP contribution in [0.4, 0.5) is 0 Å². The van der Waals surface area contributed by atoms with Crippen molar-refractivity contribution in [3.8, 4) is 0 Å². The third-order valence-corrected chi connectivity index (χ3v) is 4.16. The molecule has 1 aliphatic rings. The molecule has 0 spiro atoms. The molecular formula is C18H24N4O2. The van der Waals surface area contributed by atoms with Crippen molar-refractivity contribution < 1.29 is 9.59 Å². The highest BCUT2D eigenvalue weighted by Gasteiger charge is 2.23. The first-order valence-corrected chi connectivity index (χ1v) is 8.41. The second-order valence-corrected chi connectivity index (χ2v) is 6.47. The van der Waals surface area contributed by atoms with Crippen molar-refractivity contribution >= 4 is 22.7 Å². The smallest absolute Gasteiger partial charge is 0.234 e. The molecule has 1 heterocycles. The predicted octanol–water partition coefficient (Wildman–Crippen LogP) is 1.04. The van der Waals surface area contributed by atoms with Crippen molar-refractivity contribution in [3.05, 3.63) is 36.0 Å². The summed E-state index contributed by atoms with van der Waals surface area (Å²) in [5, 5.41) is 7.03. The number of fused-ring (bicyclic) bond motifs is 1. The second kappa shape index (κ2) is 7.49. The van der Waals surface area contributed by atoms with Gasteiger partial charge >= 0.3 is 0 Å². The van der Waals surface area contributed by atoms with Crippen molar-refractivity contribution in [2.45, 2.75) is 25.3 Å². The van der Waals surface area contributed by atoms with Gasteiger partial charge in [-0.25, -0.2) is 0 Å². The van der Waals surface area contributed by atoms with Gasteiger partial charge in [-0.2, -0.15) is 0 Å². The fraction of sp³-hybridized carbons (Fsp3) is 0.444. The molecule has 1 saturated carbocycles. The third-order valence-electron chi connectivity index (χ3n) is 4.16. The van der Waals surface area contributed by atoms with Gasteiger partial charge in [0.25, 0.3) is 0 Å². The van der Waals surface area contributed by atoms with E-state index in [0.717, 1.165) is 24.8 Å². The molecule has 1 aromatic carbocycles. The van der Waals surface area contributed by atoms with Crippen LogP contribution in [0.1, 0.15) is 18.4 Å². The van der Waals surface area contributed by atoms with Crippen LogP contribution >= 0.6 is 0 Å². The van der Waals surface area contributed by atoms with Crippen LogP contribution in [-0.4, -0.2) is 54.4 Å². The fourth-order valence-electron chi connectivity index (χ4n) is 2.78. The molecule has 1 aromatic heterocycles. The van der Waals surface area contributed by atoms with Crippen molar-refractivity contribution in [2.24, 2.45) is 0 Å². The lowest BCUT2D eigenvalue weighted by Gasteiger charge is -2.15. The molecule has 6 nitrogen and oxygen atoms in total. The third kappa shape index (κ3) is 4.58. The number of aromatic amines is 1. The Bertz CT molecular complexity index is 721. The van der Waals surface area contributed by atoms with Gasteiger partial charge in [0, 0.05) is 29.7 Å². The van der Waals surface area contributed by atoms with Gasteiger partial charge in [-0.05, 0) is 37.9 Å². The van der Waals surface area contributed by atoms with E-state index in [2.05, 4.69) is 21.7 Å². The summed E-state index contributed by atoms with van der Waals surface area (Å²) in [4.78, 5) is 28.6. The Kier molecular flexibility index (Phi) is 5.15. The van der Waals surface area contributed by atoms with E-state index < -0.39 is 0 Å².